The standard InChI is InChI=1S/C13H24N2O3/c1-11(18-10-12-6-5-9-17-12)13(16)14-15-7-3-2-4-8-15/h11-12H,2-10H2,1H3,(H,14,16)/t11-,12+/m1/s1. The van der Waals surface area contributed by atoms with E-state index in [0.717, 1.165) is 45.4 Å². The zero-order chi connectivity index (χ0) is 12.8. The molecule has 2 aliphatic rings. The highest BCUT2D eigenvalue weighted by Gasteiger charge is 2.21. The van der Waals surface area contributed by atoms with Gasteiger partial charge in [0, 0.05) is 19.7 Å². The van der Waals surface area contributed by atoms with E-state index in [2.05, 4.69) is 5.43 Å². The lowest BCUT2D eigenvalue weighted by Gasteiger charge is -2.28. The van der Waals surface area contributed by atoms with E-state index in [1.807, 2.05) is 5.01 Å². The molecule has 0 spiro atoms. The summed E-state index contributed by atoms with van der Waals surface area (Å²) >= 11 is 0. The summed E-state index contributed by atoms with van der Waals surface area (Å²) in [6, 6.07) is 0. The zero-order valence-corrected chi connectivity index (χ0v) is 11.2. The van der Waals surface area contributed by atoms with Crippen LogP contribution in [0.1, 0.15) is 39.0 Å². The number of rotatable bonds is 5. The molecule has 2 rings (SSSR count). The number of carbonyl (C=O) groups excluding carboxylic acids is 1. The quantitative estimate of drug-likeness (QED) is 0.800. The van der Waals surface area contributed by atoms with Gasteiger partial charge in [0.2, 0.25) is 0 Å². The minimum absolute atomic E-state index is 0.0464. The molecule has 0 aromatic carbocycles. The predicted octanol–water partition coefficient (Wildman–Crippen LogP) is 1.09. The Balaban J connectivity index is 1.63. The fourth-order valence-corrected chi connectivity index (χ4v) is 2.36. The van der Waals surface area contributed by atoms with Gasteiger partial charge < -0.3 is 9.47 Å². The summed E-state index contributed by atoms with van der Waals surface area (Å²) in [5.41, 5.74) is 2.92. The van der Waals surface area contributed by atoms with Crippen molar-refractivity contribution in [1.29, 1.82) is 0 Å². The van der Waals surface area contributed by atoms with Gasteiger partial charge in [0.25, 0.3) is 5.91 Å². The molecule has 0 aliphatic carbocycles. The largest absolute Gasteiger partial charge is 0.376 e. The lowest BCUT2D eigenvalue weighted by Crippen LogP contribution is -2.49. The van der Waals surface area contributed by atoms with Crippen molar-refractivity contribution in [3.05, 3.63) is 0 Å². The van der Waals surface area contributed by atoms with Crippen LogP contribution in [0.5, 0.6) is 0 Å². The van der Waals surface area contributed by atoms with Crippen LogP contribution >= 0.6 is 0 Å². The van der Waals surface area contributed by atoms with E-state index in [-0.39, 0.29) is 12.0 Å². The Morgan fingerprint density at radius 1 is 1.39 bits per heavy atom. The van der Waals surface area contributed by atoms with Crippen molar-refractivity contribution >= 4 is 5.91 Å². The first-order valence-corrected chi connectivity index (χ1v) is 7.04. The van der Waals surface area contributed by atoms with Crippen molar-refractivity contribution < 1.29 is 14.3 Å². The van der Waals surface area contributed by atoms with Crippen molar-refractivity contribution in [2.45, 2.75) is 51.2 Å². The molecule has 2 heterocycles. The second-order valence-electron chi connectivity index (χ2n) is 5.13. The highest BCUT2D eigenvalue weighted by atomic mass is 16.5. The van der Waals surface area contributed by atoms with Gasteiger partial charge in [0.1, 0.15) is 6.10 Å². The molecule has 2 saturated heterocycles. The summed E-state index contributed by atoms with van der Waals surface area (Å²) in [5.74, 6) is -0.0464. The van der Waals surface area contributed by atoms with Crippen molar-refractivity contribution in [3.8, 4) is 0 Å². The molecule has 104 valence electrons. The van der Waals surface area contributed by atoms with Gasteiger partial charge in [0.15, 0.2) is 0 Å². The second kappa shape index (κ2) is 7.07. The van der Waals surface area contributed by atoms with Crippen LogP contribution in [-0.4, -0.2) is 49.4 Å². The number of nitrogens with one attached hydrogen (secondary N) is 1. The van der Waals surface area contributed by atoms with Crippen molar-refractivity contribution in [3.63, 3.8) is 0 Å². The van der Waals surface area contributed by atoms with E-state index in [1.54, 1.807) is 6.92 Å². The fraction of sp³-hybridized carbons (Fsp3) is 0.923. The molecule has 0 unspecified atom stereocenters. The smallest absolute Gasteiger partial charge is 0.263 e. The normalized spacial score (nSPS) is 27.1. The maximum Gasteiger partial charge on any atom is 0.263 e. The van der Waals surface area contributed by atoms with Crippen molar-refractivity contribution in [2.75, 3.05) is 26.3 Å². The van der Waals surface area contributed by atoms with Gasteiger partial charge in [-0.05, 0) is 32.6 Å². The van der Waals surface area contributed by atoms with Crippen LogP contribution in [0.2, 0.25) is 0 Å². The van der Waals surface area contributed by atoms with Gasteiger partial charge >= 0.3 is 0 Å². The van der Waals surface area contributed by atoms with Crippen LogP contribution < -0.4 is 5.43 Å². The highest BCUT2D eigenvalue weighted by molar-refractivity contribution is 5.79. The summed E-state index contributed by atoms with van der Waals surface area (Å²) in [4.78, 5) is 11.9. The lowest BCUT2D eigenvalue weighted by atomic mass is 10.2. The predicted molar refractivity (Wildman–Crippen MR) is 68.0 cm³/mol. The first kappa shape index (κ1) is 13.8. The first-order chi connectivity index (χ1) is 8.75. The van der Waals surface area contributed by atoms with Crippen LogP contribution in [-0.2, 0) is 14.3 Å². The lowest BCUT2D eigenvalue weighted by molar-refractivity contribution is -0.139. The Hall–Kier alpha value is -0.650. The highest BCUT2D eigenvalue weighted by Crippen LogP contribution is 2.13. The molecular formula is C13H24N2O3. The van der Waals surface area contributed by atoms with Crippen LogP contribution in [0.3, 0.4) is 0 Å². The number of amides is 1. The third kappa shape index (κ3) is 4.23. The number of hydrogen-bond acceptors (Lipinski definition) is 4. The Bertz CT molecular complexity index is 261. The Morgan fingerprint density at radius 3 is 2.83 bits per heavy atom. The molecule has 2 aliphatic heterocycles. The summed E-state index contributed by atoms with van der Waals surface area (Å²) in [5, 5.41) is 2.00. The van der Waals surface area contributed by atoms with E-state index in [1.165, 1.54) is 6.42 Å². The van der Waals surface area contributed by atoms with E-state index >= 15 is 0 Å². The minimum Gasteiger partial charge on any atom is -0.376 e. The molecule has 18 heavy (non-hydrogen) atoms. The number of ether oxygens (including phenoxy) is 2. The Labute approximate surface area is 109 Å². The van der Waals surface area contributed by atoms with Gasteiger partial charge in [-0.3, -0.25) is 10.2 Å². The zero-order valence-electron chi connectivity index (χ0n) is 11.2. The Morgan fingerprint density at radius 2 is 2.17 bits per heavy atom. The molecule has 2 fully saturated rings. The summed E-state index contributed by atoms with van der Waals surface area (Å²) in [6.07, 6.45) is 5.49. The number of piperidine rings is 1. The van der Waals surface area contributed by atoms with Gasteiger partial charge in [-0.1, -0.05) is 6.42 Å². The number of nitrogens with zero attached hydrogens (tertiary/aromatic N) is 1. The summed E-state index contributed by atoms with van der Waals surface area (Å²) in [6.45, 7) is 5.04. The van der Waals surface area contributed by atoms with E-state index in [0.29, 0.717) is 6.61 Å². The molecule has 0 radical (unpaired) electrons. The molecule has 0 saturated carbocycles. The molecule has 1 N–H and O–H groups in total. The molecule has 0 aromatic heterocycles. The van der Waals surface area contributed by atoms with Crippen molar-refractivity contribution in [2.24, 2.45) is 0 Å². The Kier molecular flexibility index (Phi) is 5.41. The first-order valence-electron chi connectivity index (χ1n) is 7.04. The number of hydrazine groups is 1. The summed E-state index contributed by atoms with van der Waals surface area (Å²) in [7, 11) is 0. The van der Waals surface area contributed by atoms with Crippen LogP contribution in [0.15, 0.2) is 0 Å². The van der Waals surface area contributed by atoms with E-state index < -0.39 is 6.10 Å². The molecular weight excluding hydrogens is 232 g/mol. The third-order valence-electron chi connectivity index (χ3n) is 3.55. The third-order valence-corrected chi connectivity index (χ3v) is 3.55. The molecule has 5 nitrogen and oxygen atoms in total. The summed E-state index contributed by atoms with van der Waals surface area (Å²) < 4.78 is 11.0. The SMILES string of the molecule is C[C@@H](OC[C@@H]1CCCO1)C(=O)NN1CCCCC1. The molecule has 1 amide bonds. The maximum atomic E-state index is 11.9. The van der Waals surface area contributed by atoms with E-state index in [9.17, 15) is 4.79 Å². The van der Waals surface area contributed by atoms with Crippen LogP contribution in [0.25, 0.3) is 0 Å². The minimum atomic E-state index is -0.406. The van der Waals surface area contributed by atoms with Crippen LogP contribution in [0.4, 0.5) is 0 Å². The fourth-order valence-electron chi connectivity index (χ4n) is 2.36. The number of hydrogen-bond donors (Lipinski definition) is 1. The molecule has 0 aromatic rings. The monoisotopic (exact) mass is 256 g/mol. The van der Waals surface area contributed by atoms with Crippen molar-refractivity contribution in [1.82, 2.24) is 10.4 Å². The van der Waals surface area contributed by atoms with Gasteiger partial charge in [0.05, 0.1) is 12.7 Å². The second-order valence-corrected chi connectivity index (χ2v) is 5.13. The topological polar surface area (TPSA) is 50.8 Å². The average molecular weight is 256 g/mol. The average Bonchev–Trinajstić information content (AvgIpc) is 2.90. The molecule has 2 atom stereocenters. The maximum absolute atomic E-state index is 11.9. The van der Waals surface area contributed by atoms with Gasteiger partial charge in [-0.2, -0.15) is 0 Å². The molecule has 5 heteroatoms. The van der Waals surface area contributed by atoms with Crippen LogP contribution in [0, 0.1) is 0 Å². The van der Waals surface area contributed by atoms with E-state index in [4.69, 9.17) is 9.47 Å². The van der Waals surface area contributed by atoms with Gasteiger partial charge in [-0.25, -0.2) is 5.01 Å². The van der Waals surface area contributed by atoms with Gasteiger partial charge in [-0.15, -0.1) is 0 Å². The molecule has 0 bridgehead atoms. The number of carbonyl (C=O) groups is 1.